The first kappa shape index (κ1) is 86.9. The lowest BCUT2D eigenvalue weighted by Crippen LogP contribution is -2.32. The molecule has 0 radical (unpaired) electrons. The molecule has 12 aromatic rings. The van der Waals surface area contributed by atoms with Crippen molar-refractivity contribution in [3.05, 3.63) is 329 Å². The van der Waals surface area contributed by atoms with Gasteiger partial charge in [-0.25, -0.2) is 19.9 Å². The Morgan fingerprint density at radius 1 is 0.315 bits per heavy atom. The summed E-state index contributed by atoms with van der Waals surface area (Å²) in [7, 11) is 0. The van der Waals surface area contributed by atoms with Crippen molar-refractivity contribution in [3.8, 4) is 0 Å². The summed E-state index contributed by atoms with van der Waals surface area (Å²) in [6.07, 6.45) is 48.7. The van der Waals surface area contributed by atoms with Crippen LogP contribution in [0.15, 0.2) is 196 Å². The lowest BCUT2D eigenvalue weighted by atomic mass is 9.76. The van der Waals surface area contributed by atoms with E-state index in [1.165, 1.54) is 152 Å². The molecule has 6 atom stereocenters. The maximum atomic E-state index is 6.48. The number of nitrogens with zero attached hydrogens (tertiary/aromatic N) is 12. The third-order valence-electron chi connectivity index (χ3n) is 28.1. The summed E-state index contributed by atoms with van der Waals surface area (Å²) >= 11 is 25.8. The summed E-state index contributed by atoms with van der Waals surface area (Å²) < 4.78 is 8.96. The highest BCUT2D eigenvalue weighted by Gasteiger charge is 2.40. The number of nitrogens with one attached hydrogen (secondary N) is 4. The molecule has 0 spiro atoms. The minimum absolute atomic E-state index is 0.315. The fourth-order valence-corrected chi connectivity index (χ4v) is 22.6. The van der Waals surface area contributed by atoms with Gasteiger partial charge in [-0.05, 0) is 382 Å². The van der Waals surface area contributed by atoms with E-state index in [9.17, 15) is 0 Å². The van der Waals surface area contributed by atoms with E-state index in [-0.39, 0.29) is 0 Å². The summed E-state index contributed by atoms with van der Waals surface area (Å²) in [6.45, 7) is 21.0. The fraction of sp³-hybridized carbons (Fsp3) is 0.423. The number of imidazole rings is 4. The molecule has 4 saturated heterocycles. The molecule has 4 aliphatic heterocycles. The van der Waals surface area contributed by atoms with Crippen LogP contribution in [0.4, 0.5) is 0 Å². The average Bonchev–Trinajstić information content (AvgIpc) is 1.62. The average molecular weight is 1740 g/mol. The Morgan fingerprint density at radius 2 is 0.613 bits per heavy atom. The van der Waals surface area contributed by atoms with Gasteiger partial charge in [-0.3, -0.25) is 19.9 Å². The number of hydrogen-bond acceptors (Lipinski definition) is 12. The summed E-state index contributed by atoms with van der Waals surface area (Å²) in [4.78, 5) is 37.4. The van der Waals surface area contributed by atoms with Crippen LogP contribution in [-0.2, 0) is 39.0 Å². The van der Waals surface area contributed by atoms with Crippen molar-refractivity contribution in [2.24, 2.45) is 23.7 Å². The van der Waals surface area contributed by atoms with Crippen molar-refractivity contribution in [1.29, 1.82) is 0 Å². The molecule has 4 aromatic carbocycles. The maximum absolute atomic E-state index is 6.48. The molecule has 124 heavy (non-hydrogen) atoms. The number of halogens is 4. The van der Waals surface area contributed by atoms with Gasteiger partial charge in [0.25, 0.3) is 0 Å². The van der Waals surface area contributed by atoms with Crippen LogP contribution < -0.4 is 21.3 Å². The number of piperidine rings is 4. The summed E-state index contributed by atoms with van der Waals surface area (Å²) in [6, 6.07) is 43.5. The van der Waals surface area contributed by atoms with Gasteiger partial charge < -0.3 is 39.5 Å². The second kappa shape index (κ2) is 41.5. The zero-order valence-electron chi connectivity index (χ0n) is 72.5. The Bertz CT molecular complexity index is 5260. The molecule has 0 amide bonds. The number of aryl methyl sites for hydroxylation is 8. The number of fused-ring (bicyclic) bond motifs is 8. The van der Waals surface area contributed by atoms with Crippen LogP contribution in [-0.4, -0.2) is 110 Å². The van der Waals surface area contributed by atoms with Crippen LogP contribution in [0.3, 0.4) is 0 Å². The van der Waals surface area contributed by atoms with Gasteiger partial charge in [-0.2, -0.15) is 0 Å². The van der Waals surface area contributed by atoms with Crippen LogP contribution >= 0.6 is 46.4 Å². The number of pyridine rings is 4. The number of benzene rings is 4. The molecular weight excluding hydrogens is 1620 g/mol. The topological polar surface area (TPSA) is 171 Å². The van der Waals surface area contributed by atoms with Crippen LogP contribution in [0, 0.1) is 51.4 Å². The molecule has 20 heteroatoms. The van der Waals surface area contributed by atoms with Crippen molar-refractivity contribution in [2.75, 3.05) is 52.4 Å². The number of hydrogen-bond donors (Lipinski definition) is 4. The third kappa shape index (κ3) is 20.4. The molecule has 8 aromatic heterocycles. The van der Waals surface area contributed by atoms with Gasteiger partial charge in [0.2, 0.25) is 0 Å². The van der Waals surface area contributed by atoms with E-state index >= 15 is 0 Å². The molecule has 6 unspecified atom stereocenters. The second-order valence-electron chi connectivity index (χ2n) is 35.6. The van der Waals surface area contributed by atoms with Crippen LogP contribution in [0.25, 0.3) is 23.3 Å². The van der Waals surface area contributed by atoms with Gasteiger partial charge in [0.15, 0.2) is 0 Å². The van der Waals surface area contributed by atoms with Crippen LogP contribution in [0.5, 0.6) is 0 Å². The first-order valence-electron chi connectivity index (χ1n) is 45.9. The summed E-state index contributed by atoms with van der Waals surface area (Å²) in [5.74, 6) is 9.06. The fourth-order valence-electron chi connectivity index (χ4n) is 21.8. The quantitative estimate of drug-likeness (QED) is 0.0570. The van der Waals surface area contributed by atoms with Gasteiger partial charge in [0.05, 0.1) is 22.8 Å². The minimum Gasteiger partial charge on any atom is -0.335 e. The first-order valence-corrected chi connectivity index (χ1v) is 47.4. The van der Waals surface area contributed by atoms with Crippen molar-refractivity contribution in [1.82, 2.24) is 79.4 Å². The van der Waals surface area contributed by atoms with E-state index in [1.54, 1.807) is 0 Å². The van der Waals surface area contributed by atoms with Crippen molar-refractivity contribution in [2.45, 2.75) is 205 Å². The van der Waals surface area contributed by atoms with E-state index < -0.39 is 0 Å². The lowest BCUT2D eigenvalue weighted by Gasteiger charge is -2.32. The second-order valence-corrected chi connectivity index (χ2v) is 37.4. The Hall–Kier alpha value is -9.20. The van der Waals surface area contributed by atoms with E-state index in [4.69, 9.17) is 66.3 Å². The van der Waals surface area contributed by atoms with Crippen LogP contribution in [0.1, 0.15) is 251 Å². The highest BCUT2D eigenvalue weighted by molar-refractivity contribution is 6.31. The number of allylic oxidation sites excluding steroid dienone is 2. The highest BCUT2D eigenvalue weighted by atomic mass is 35.5. The number of aromatic nitrogens is 12. The summed E-state index contributed by atoms with van der Waals surface area (Å²) in [5, 5.41) is 17.4. The van der Waals surface area contributed by atoms with E-state index in [0.29, 0.717) is 59.2 Å². The Labute approximate surface area is 753 Å². The van der Waals surface area contributed by atoms with Crippen molar-refractivity contribution >= 4 is 69.7 Å². The monoisotopic (exact) mass is 1730 g/mol. The normalized spacial score (nSPS) is 20.1. The number of rotatable bonds is 20. The molecule has 12 heterocycles. The van der Waals surface area contributed by atoms with Crippen molar-refractivity contribution < 1.29 is 0 Å². The molecule has 4 N–H and O–H groups in total. The molecule has 4 fully saturated rings. The Balaban J connectivity index is 0.000000117. The standard InChI is InChI=1S/2C26H31ClN4.2C26H29ClN4/c4*1-18-29-13-15-31(18)14-3-4-20-16-21-17-22(27)6-7-23(21)25(19-8-11-28-12-9-19)26-24(20)5-2-10-30-26/h2*2,5-7,10,13,15,17,19-20,25,28H,3-4,8-9,11-12,14,16H2,1H3;2*2,5-7,10,13,15-17,19,25,28H,3-4,8-9,11-12,14H2,1H3. The van der Waals surface area contributed by atoms with E-state index in [2.05, 4.69) is 233 Å². The molecule has 4 aliphatic carbocycles. The molecular formula is C104H120Cl4N16. The SMILES string of the molecule is Cc1nccn1CCCC1=Cc2cc(Cl)ccc2C(C2CCNCC2)c2ncccc21.Cc1nccn1CCCC1=Cc2cc(Cl)ccc2C(C2CCNCC2)c2ncccc21.Cc1nccn1CCCC1Cc2cc(Cl)ccc2C(C2CCNCC2)c2ncccc21.Cc1nccn1CCCC1Cc2cc(Cl)ccc2C(C2CCNCC2)c2ncccc21. The lowest BCUT2D eigenvalue weighted by molar-refractivity contribution is 0.338. The molecule has 0 bridgehead atoms. The van der Waals surface area contributed by atoms with Gasteiger partial charge in [0, 0.05) is 144 Å². The maximum Gasteiger partial charge on any atom is 0.105 e. The van der Waals surface area contributed by atoms with E-state index in [0.717, 1.165) is 186 Å². The van der Waals surface area contributed by atoms with Gasteiger partial charge in [0.1, 0.15) is 23.3 Å². The van der Waals surface area contributed by atoms with E-state index in [1.807, 2.05) is 61.7 Å². The first-order chi connectivity index (χ1) is 60.8. The predicted octanol–water partition coefficient (Wildman–Crippen LogP) is 22.4. The smallest absolute Gasteiger partial charge is 0.105 e. The molecule has 20 rings (SSSR count). The Morgan fingerprint density at radius 3 is 0.944 bits per heavy atom. The molecule has 16 nitrogen and oxygen atoms in total. The Kier molecular flexibility index (Phi) is 29.1. The predicted molar refractivity (Wildman–Crippen MR) is 506 cm³/mol. The highest BCUT2D eigenvalue weighted by Crippen LogP contribution is 2.51. The zero-order valence-corrected chi connectivity index (χ0v) is 75.5. The minimum atomic E-state index is 0.315. The third-order valence-corrected chi connectivity index (χ3v) is 29.1. The zero-order chi connectivity index (χ0) is 84.8. The molecule has 0 saturated carbocycles. The van der Waals surface area contributed by atoms with Gasteiger partial charge in [-0.15, -0.1) is 0 Å². The van der Waals surface area contributed by atoms with Gasteiger partial charge in [-0.1, -0.05) is 107 Å². The molecule has 8 aliphatic rings. The molecule has 644 valence electrons. The van der Waals surface area contributed by atoms with Gasteiger partial charge >= 0.3 is 0 Å². The van der Waals surface area contributed by atoms with Crippen molar-refractivity contribution in [3.63, 3.8) is 0 Å². The largest absolute Gasteiger partial charge is 0.335 e. The summed E-state index contributed by atoms with van der Waals surface area (Å²) in [5.41, 5.74) is 24.3. The van der Waals surface area contributed by atoms with Crippen LogP contribution in [0.2, 0.25) is 20.1 Å².